The normalized spacial score (nSPS) is 14.4. The lowest BCUT2D eigenvalue weighted by molar-refractivity contribution is -0.192. The maximum atomic E-state index is 13.5. The molecule has 0 bridgehead atoms. The van der Waals surface area contributed by atoms with E-state index in [0.717, 1.165) is 0 Å². The molecule has 0 amide bonds. The Hall–Kier alpha value is -2.42. The predicted molar refractivity (Wildman–Crippen MR) is 184 cm³/mol. The van der Waals surface area contributed by atoms with Gasteiger partial charge >= 0.3 is 11.9 Å². The van der Waals surface area contributed by atoms with Crippen molar-refractivity contribution in [3.8, 4) is 0 Å². The number of hydrogen-bond acceptors (Lipinski definition) is 9. The summed E-state index contributed by atoms with van der Waals surface area (Å²) in [7, 11) is 0. The number of hydrogen-bond donors (Lipinski definition) is 2. The Morgan fingerprint density at radius 2 is 1.18 bits per heavy atom. The summed E-state index contributed by atoms with van der Waals surface area (Å²) in [4.78, 5) is 51.2. The number of carbonyl (C=O) groups is 2. The lowest BCUT2D eigenvalue weighted by atomic mass is 9.76. The van der Waals surface area contributed by atoms with Gasteiger partial charge < -0.3 is 24.8 Å². The maximum absolute atomic E-state index is 13.5. The summed E-state index contributed by atoms with van der Waals surface area (Å²) < 4.78 is 18.3. The molecule has 0 saturated heterocycles. The first-order valence-electron chi connectivity index (χ1n) is 16.4. The van der Waals surface area contributed by atoms with E-state index in [9.17, 15) is 19.2 Å². The number of nitrogens with one attached hydrogen (secondary N) is 2. The van der Waals surface area contributed by atoms with Crippen LogP contribution in [0.3, 0.4) is 0 Å². The molecule has 0 aliphatic rings. The van der Waals surface area contributed by atoms with E-state index in [4.69, 9.17) is 14.2 Å². The first-order valence-corrected chi connectivity index (χ1v) is 16.4. The molecule has 0 saturated carbocycles. The van der Waals surface area contributed by atoms with Crippen LogP contribution in [0.1, 0.15) is 130 Å². The van der Waals surface area contributed by atoms with E-state index in [0.29, 0.717) is 43.1 Å². The average Bonchev–Trinajstić information content (AvgIpc) is 2.81. The zero-order valence-corrected chi connectivity index (χ0v) is 31.3. The second-order valence-corrected chi connectivity index (χ2v) is 18.1. The summed E-state index contributed by atoms with van der Waals surface area (Å²) in [6, 6.07) is 0. The second-order valence-electron chi connectivity index (χ2n) is 18.1. The van der Waals surface area contributed by atoms with Crippen LogP contribution < -0.4 is 21.5 Å². The summed E-state index contributed by atoms with van der Waals surface area (Å²) in [6.07, 6.45) is 0.849. The lowest BCUT2D eigenvalue weighted by Gasteiger charge is -2.38. The molecular weight excluding hydrogens is 572 g/mol. The molecule has 1 aromatic rings. The molecule has 45 heavy (non-hydrogen) atoms. The topological polar surface area (TPSA) is 120 Å². The van der Waals surface area contributed by atoms with Gasteiger partial charge in [0.1, 0.15) is 23.6 Å². The van der Waals surface area contributed by atoms with E-state index in [-0.39, 0.29) is 36.0 Å². The summed E-state index contributed by atoms with van der Waals surface area (Å²) in [5.74, 6) is -0.424. The minimum absolute atomic E-state index is 0.0761. The van der Waals surface area contributed by atoms with Crippen molar-refractivity contribution in [1.82, 2.24) is 0 Å². The van der Waals surface area contributed by atoms with Crippen molar-refractivity contribution in [2.45, 2.75) is 147 Å². The molecule has 0 heterocycles. The van der Waals surface area contributed by atoms with E-state index in [1.807, 2.05) is 69.2 Å². The van der Waals surface area contributed by atoms with Gasteiger partial charge in [0.15, 0.2) is 6.10 Å². The van der Waals surface area contributed by atoms with Gasteiger partial charge in [-0.15, -0.1) is 0 Å². The average molecular weight is 637 g/mol. The summed E-state index contributed by atoms with van der Waals surface area (Å²) in [5.41, 5.74) is -3.69. The molecule has 0 aliphatic heterocycles. The molecule has 1 unspecified atom stereocenters. The molecule has 260 valence electrons. The highest BCUT2D eigenvalue weighted by molar-refractivity contribution is 5.77. The first kappa shape index (κ1) is 40.6. The molecule has 0 aliphatic carbocycles. The molecule has 1 atom stereocenters. The molecule has 0 radical (unpaired) electrons. The first-order chi connectivity index (χ1) is 20.0. The zero-order valence-electron chi connectivity index (χ0n) is 31.3. The van der Waals surface area contributed by atoms with Crippen molar-refractivity contribution in [3.05, 3.63) is 20.4 Å². The van der Waals surface area contributed by atoms with Crippen LogP contribution in [-0.4, -0.2) is 48.9 Å². The summed E-state index contributed by atoms with van der Waals surface area (Å²) >= 11 is 0. The number of esters is 2. The second kappa shape index (κ2) is 14.6. The smallest absolute Gasteiger partial charge is 0.312 e. The molecule has 0 spiro atoms. The van der Waals surface area contributed by atoms with E-state index < -0.39 is 38.9 Å². The Morgan fingerprint density at radius 3 is 1.64 bits per heavy atom. The van der Waals surface area contributed by atoms with Crippen molar-refractivity contribution < 1.29 is 23.8 Å². The summed E-state index contributed by atoms with van der Waals surface area (Å²) in [6.45, 7) is 32.2. The fourth-order valence-corrected chi connectivity index (χ4v) is 5.86. The molecule has 0 fully saturated rings. The molecule has 9 heteroatoms. The predicted octanol–water partition coefficient (Wildman–Crippen LogP) is 7.11. The Bertz CT molecular complexity index is 1220. The minimum Gasteiger partial charge on any atom is -0.461 e. The van der Waals surface area contributed by atoms with Gasteiger partial charge in [0, 0.05) is 18.7 Å². The van der Waals surface area contributed by atoms with Gasteiger partial charge in [-0.05, 0) is 91.4 Å². The highest BCUT2D eigenvalue weighted by Crippen LogP contribution is 2.37. The molecular formula is C36H64N2O7. The largest absolute Gasteiger partial charge is 0.461 e. The van der Waals surface area contributed by atoms with Crippen molar-refractivity contribution >= 4 is 23.3 Å². The van der Waals surface area contributed by atoms with Crippen LogP contribution in [0.25, 0.3) is 0 Å². The van der Waals surface area contributed by atoms with Crippen LogP contribution in [0, 0.1) is 27.6 Å². The van der Waals surface area contributed by atoms with E-state index in [1.54, 1.807) is 0 Å². The van der Waals surface area contributed by atoms with Gasteiger partial charge in [0.2, 0.25) is 0 Å². The summed E-state index contributed by atoms with van der Waals surface area (Å²) in [5, 5.41) is 6.31. The number of rotatable bonds is 17. The Labute approximate surface area is 272 Å². The third kappa shape index (κ3) is 13.1. The van der Waals surface area contributed by atoms with Crippen molar-refractivity contribution in [2.24, 2.45) is 27.6 Å². The molecule has 2 N–H and O–H groups in total. The maximum Gasteiger partial charge on any atom is 0.312 e. The number of carbonyl (C=O) groups excluding carboxylic acids is 2. The monoisotopic (exact) mass is 636 g/mol. The number of ether oxygens (including phenoxy) is 3. The van der Waals surface area contributed by atoms with Crippen molar-refractivity contribution in [3.63, 3.8) is 0 Å². The van der Waals surface area contributed by atoms with Gasteiger partial charge in [-0.1, -0.05) is 55.4 Å². The van der Waals surface area contributed by atoms with E-state index in [1.165, 1.54) is 0 Å². The highest BCUT2D eigenvalue weighted by atomic mass is 16.6. The molecule has 0 aromatic heterocycles. The molecule has 9 nitrogen and oxygen atoms in total. The van der Waals surface area contributed by atoms with Gasteiger partial charge in [0.25, 0.3) is 10.9 Å². The SMILES string of the molecule is CC(C)CNc1c(NC(C)(C)CCOC(C)(C)C(COC(=O)C(C)(C)CC(C)(C)C)OC(=O)C(C)(C)CC(C)(C)C)c(=O)c1=O. The third-order valence-corrected chi connectivity index (χ3v) is 7.70. The van der Waals surface area contributed by atoms with Gasteiger partial charge in [-0.2, -0.15) is 0 Å². The van der Waals surface area contributed by atoms with Crippen LogP contribution in [0.5, 0.6) is 0 Å². The Kier molecular flexibility index (Phi) is 13.1. The standard InChI is InChI=1S/C36H64N2O7/c1-23(2)19-37-25-26(28(40)27(25)39)38-35(13,14)17-18-44-36(15,16)24(45-30(42)34(11,12)22-32(6,7)8)20-43-29(41)33(9,10)21-31(3,4)5/h23-24,37-38H,17-22H2,1-16H3. The van der Waals surface area contributed by atoms with Gasteiger partial charge in [-0.3, -0.25) is 19.2 Å². The van der Waals surface area contributed by atoms with Gasteiger partial charge in [0.05, 0.1) is 10.8 Å². The fourth-order valence-electron chi connectivity index (χ4n) is 5.86. The van der Waals surface area contributed by atoms with Gasteiger partial charge in [-0.25, -0.2) is 0 Å². The number of anilines is 2. The highest BCUT2D eigenvalue weighted by Gasteiger charge is 2.42. The Balaban J connectivity index is 3.10. The van der Waals surface area contributed by atoms with E-state index >= 15 is 0 Å². The van der Waals surface area contributed by atoms with Crippen molar-refractivity contribution in [1.29, 1.82) is 0 Å². The van der Waals surface area contributed by atoms with Crippen LogP contribution in [0.15, 0.2) is 9.59 Å². The van der Waals surface area contributed by atoms with Crippen molar-refractivity contribution in [2.75, 3.05) is 30.4 Å². The zero-order chi connectivity index (χ0) is 35.4. The molecule has 1 aromatic carbocycles. The van der Waals surface area contributed by atoms with Crippen LogP contribution in [0.2, 0.25) is 0 Å². The molecule has 1 rings (SSSR count). The van der Waals surface area contributed by atoms with Crippen LogP contribution in [0.4, 0.5) is 11.4 Å². The lowest BCUT2D eigenvalue weighted by Crippen LogP contribution is -2.49. The third-order valence-electron chi connectivity index (χ3n) is 7.70. The Morgan fingerprint density at radius 1 is 0.711 bits per heavy atom. The minimum atomic E-state index is -1.01. The fraction of sp³-hybridized carbons (Fsp3) is 0.833. The van der Waals surface area contributed by atoms with Crippen LogP contribution in [-0.2, 0) is 23.8 Å². The quantitative estimate of drug-likeness (QED) is 0.136. The van der Waals surface area contributed by atoms with E-state index in [2.05, 4.69) is 52.2 Å². The van der Waals surface area contributed by atoms with Crippen LogP contribution >= 0.6 is 0 Å².